The zero-order valence-electron chi connectivity index (χ0n) is 8.27. The van der Waals surface area contributed by atoms with Gasteiger partial charge in [0, 0.05) is 17.2 Å². The third-order valence-corrected chi connectivity index (χ3v) is 3.31. The quantitative estimate of drug-likeness (QED) is 0.615. The van der Waals surface area contributed by atoms with Gasteiger partial charge in [0.05, 0.1) is 12.4 Å². The first-order valence-electron chi connectivity index (χ1n) is 4.03. The summed E-state index contributed by atoms with van der Waals surface area (Å²) < 4.78 is 50.6. The third kappa shape index (κ3) is 8.71. The molecule has 0 fully saturated rings. The molecular weight excluding hydrogens is 284 g/mol. The van der Waals surface area contributed by atoms with E-state index in [1.807, 2.05) is 0 Å². The summed E-state index contributed by atoms with van der Waals surface area (Å²) in [5, 5.41) is 0. The number of amides is 1. The number of carbonyl (C=O) groups is 1. The van der Waals surface area contributed by atoms with Crippen molar-refractivity contribution in [3.05, 3.63) is 0 Å². The van der Waals surface area contributed by atoms with Gasteiger partial charge in [-0.3, -0.25) is 0 Å². The molecule has 0 aromatic rings. The van der Waals surface area contributed by atoms with E-state index < -0.39 is 37.7 Å². The van der Waals surface area contributed by atoms with E-state index >= 15 is 0 Å². The van der Waals surface area contributed by atoms with Gasteiger partial charge in [-0.1, -0.05) is 0 Å². The van der Waals surface area contributed by atoms with Gasteiger partial charge in [0.15, 0.2) is 0 Å². The topological polar surface area (TPSA) is 119 Å². The summed E-state index contributed by atoms with van der Waals surface area (Å²) in [6, 6.07) is 0. The average molecular weight is 295 g/mol. The first-order valence-corrected chi connectivity index (χ1v) is 7.99. The van der Waals surface area contributed by atoms with Gasteiger partial charge in [-0.25, -0.2) is 17.9 Å². The molecule has 0 aliphatic heterocycles. The molecule has 0 aliphatic rings. The Morgan fingerprint density at radius 3 is 2.31 bits per heavy atom. The van der Waals surface area contributed by atoms with Crippen LogP contribution in [-0.2, 0) is 24.0 Å². The van der Waals surface area contributed by atoms with Crippen LogP contribution in [0.3, 0.4) is 0 Å². The van der Waals surface area contributed by atoms with E-state index in [1.54, 1.807) is 4.72 Å². The highest BCUT2D eigenvalue weighted by Gasteiger charge is 2.15. The highest BCUT2D eigenvalue weighted by atomic mass is 35.7. The van der Waals surface area contributed by atoms with Crippen LogP contribution in [0.4, 0.5) is 4.79 Å². The second-order valence-corrected chi connectivity index (χ2v) is 6.86. The minimum atomic E-state index is -4.12. The molecule has 16 heavy (non-hydrogen) atoms. The Morgan fingerprint density at radius 1 is 1.31 bits per heavy atom. The van der Waals surface area contributed by atoms with Crippen LogP contribution in [0.1, 0.15) is 6.92 Å². The zero-order chi connectivity index (χ0) is 12.8. The van der Waals surface area contributed by atoms with Crippen LogP contribution in [0.25, 0.3) is 0 Å². The molecule has 1 amide bonds. The van der Waals surface area contributed by atoms with E-state index in [0.29, 0.717) is 0 Å². The number of rotatable bonds is 6. The van der Waals surface area contributed by atoms with Gasteiger partial charge < -0.3 is 4.74 Å². The number of halogens is 1. The van der Waals surface area contributed by atoms with Gasteiger partial charge in [0.1, 0.15) is 0 Å². The summed E-state index contributed by atoms with van der Waals surface area (Å²) in [7, 11) is -3.06. The lowest BCUT2D eigenvalue weighted by atomic mass is 10.8. The second kappa shape index (κ2) is 6.23. The van der Waals surface area contributed by atoms with E-state index in [9.17, 15) is 21.6 Å². The molecule has 0 unspecified atom stereocenters. The fourth-order valence-corrected chi connectivity index (χ4v) is 2.03. The van der Waals surface area contributed by atoms with Gasteiger partial charge >= 0.3 is 16.3 Å². The Labute approximate surface area is 97.9 Å². The molecule has 0 bridgehead atoms. The summed E-state index contributed by atoms with van der Waals surface area (Å²) in [4.78, 5) is 10.7. The van der Waals surface area contributed by atoms with Crippen LogP contribution in [-0.4, -0.2) is 41.8 Å². The largest absolute Gasteiger partial charge is 0.449 e. The summed E-state index contributed by atoms with van der Waals surface area (Å²) in [5.41, 5.74) is 0. The Kier molecular flexibility index (Phi) is 6.00. The summed E-state index contributed by atoms with van der Waals surface area (Å²) >= 11 is 0. The number of ether oxygens (including phenoxy) is 1. The molecule has 0 saturated heterocycles. The van der Waals surface area contributed by atoms with Gasteiger partial charge in [-0.15, -0.1) is 0 Å². The van der Waals surface area contributed by atoms with Crippen LogP contribution < -0.4 is 9.44 Å². The van der Waals surface area contributed by atoms with E-state index in [1.165, 1.54) is 11.6 Å². The lowest BCUT2D eigenvalue weighted by molar-refractivity contribution is 0.158. The summed E-state index contributed by atoms with van der Waals surface area (Å²) in [6.45, 7) is 1.07. The van der Waals surface area contributed by atoms with Gasteiger partial charge in [0.2, 0.25) is 9.05 Å². The predicted molar refractivity (Wildman–Crippen MR) is 56.7 cm³/mol. The van der Waals surface area contributed by atoms with Crippen LogP contribution in [0.2, 0.25) is 0 Å². The fourth-order valence-electron chi connectivity index (χ4n) is 0.604. The molecule has 0 atom stereocenters. The Morgan fingerprint density at radius 2 is 1.88 bits per heavy atom. The molecule has 0 spiro atoms. The standard InChI is InChI=1S/C5H11ClN2O6S2/c1-2-14-5(9)8-16(12,13)7-3-4-15(6,10)11/h7H,2-4H2,1H3,(H,8,9). The SMILES string of the molecule is CCOC(=O)NS(=O)(=O)NCCS(=O)(=O)Cl. The maximum absolute atomic E-state index is 11.0. The number of hydrogen-bond acceptors (Lipinski definition) is 6. The Bertz CT molecular complexity index is 430. The molecule has 8 nitrogen and oxygen atoms in total. The van der Waals surface area contributed by atoms with Crippen LogP contribution >= 0.6 is 10.7 Å². The summed E-state index contributed by atoms with van der Waals surface area (Å²) in [6.07, 6.45) is -1.15. The molecule has 0 rings (SSSR count). The lowest BCUT2D eigenvalue weighted by Gasteiger charge is -2.06. The van der Waals surface area contributed by atoms with Crippen molar-refractivity contribution >= 4 is 36.0 Å². The molecule has 0 saturated carbocycles. The molecule has 0 radical (unpaired) electrons. The van der Waals surface area contributed by atoms with Gasteiger partial charge in [-0.2, -0.15) is 13.1 Å². The zero-order valence-corrected chi connectivity index (χ0v) is 10.7. The average Bonchev–Trinajstić information content (AvgIpc) is 1.99. The van der Waals surface area contributed by atoms with Crippen molar-refractivity contribution in [1.29, 1.82) is 0 Å². The lowest BCUT2D eigenvalue weighted by Crippen LogP contribution is -2.41. The van der Waals surface area contributed by atoms with Crippen molar-refractivity contribution in [3.63, 3.8) is 0 Å². The van der Waals surface area contributed by atoms with Crippen LogP contribution in [0.5, 0.6) is 0 Å². The number of nitrogens with one attached hydrogen (secondary N) is 2. The van der Waals surface area contributed by atoms with Crippen molar-refractivity contribution in [2.75, 3.05) is 18.9 Å². The highest BCUT2D eigenvalue weighted by molar-refractivity contribution is 8.13. The minimum Gasteiger partial charge on any atom is -0.449 e. The first-order chi connectivity index (χ1) is 7.16. The highest BCUT2D eigenvalue weighted by Crippen LogP contribution is 1.94. The van der Waals surface area contributed by atoms with E-state index in [4.69, 9.17) is 10.7 Å². The number of carbonyl (C=O) groups excluding carboxylic acids is 1. The predicted octanol–water partition coefficient (Wildman–Crippen LogP) is -0.864. The monoisotopic (exact) mass is 294 g/mol. The van der Waals surface area contributed by atoms with Gasteiger partial charge in [-0.05, 0) is 6.92 Å². The molecule has 0 aliphatic carbocycles. The smallest absolute Gasteiger partial charge is 0.421 e. The fraction of sp³-hybridized carbons (Fsp3) is 0.800. The molecule has 0 heterocycles. The van der Waals surface area contributed by atoms with E-state index in [2.05, 4.69) is 4.74 Å². The molecule has 2 N–H and O–H groups in total. The number of hydrogen-bond donors (Lipinski definition) is 2. The van der Waals surface area contributed by atoms with Crippen molar-refractivity contribution in [2.24, 2.45) is 0 Å². The first kappa shape index (κ1) is 15.4. The van der Waals surface area contributed by atoms with Crippen LogP contribution in [0.15, 0.2) is 0 Å². The molecular formula is C5H11ClN2O6S2. The Hall–Kier alpha value is -0.580. The summed E-state index contributed by atoms with van der Waals surface area (Å²) in [5.74, 6) is -0.585. The third-order valence-electron chi connectivity index (χ3n) is 1.13. The van der Waals surface area contributed by atoms with Crippen molar-refractivity contribution in [2.45, 2.75) is 6.92 Å². The second-order valence-electron chi connectivity index (χ2n) is 2.46. The normalized spacial score (nSPS) is 12.1. The van der Waals surface area contributed by atoms with Crippen molar-refractivity contribution < 1.29 is 26.4 Å². The molecule has 96 valence electrons. The minimum absolute atomic E-state index is 0.0113. The maximum atomic E-state index is 11.0. The molecule has 0 aromatic carbocycles. The molecule has 0 aromatic heterocycles. The van der Waals surface area contributed by atoms with E-state index in [-0.39, 0.29) is 6.61 Å². The maximum Gasteiger partial charge on any atom is 0.421 e. The van der Waals surface area contributed by atoms with Crippen molar-refractivity contribution in [1.82, 2.24) is 9.44 Å². The van der Waals surface area contributed by atoms with E-state index in [0.717, 1.165) is 0 Å². The van der Waals surface area contributed by atoms with Crippen LogP contribution in [0, 0.1) is 0 Å². The van der Waals surface area contributed by atoms with Gasteiger partial charge in [0.25, 0.3) is 0 Å². The molecule has 11 heteroatoms. The Balaban J connectivity index is 4.12. The van der Waals surface area contributed by atoms with Crippen molar-refractivity contribution in [3.8, 4) is 0 Å².